The Hall–Kier alpha value is -0.610. The first kappa shape index (κ1) is 11.4. The fourth-order valence-corrected chi connectivity index (χ4v) is 1.07. The van der Waals surface area contributed by atoms with Crippen LogP contribution in [-0.4, -0.2) is 46.8 Å². The molecule has 0 aliphatic heterocycles. The first-order chi connectivity index (χ1) is 5.63. The third-order valence-corrected chi connectivity index (χ3v) is 1.80. The van der Waals surface area contributed by atoms with Gasteiger partial charge in [0.2, 0.25) is 0 Å². The monoisotopic (exact) mass is 175 g/mol. The number of hydrogen-bond acceptors (Lipinski definition) is 3. The molecule has 12 heavy (non-hydrogen) atoms. The van der Waals surface area contributed by atoms with Crippen molar-refractivity contribution in [1.82, 2.24) is 4.90 Å². The molecule has 0 heterocycles. The zero-order valence-electron chi connectivity index (χ0n) is 7.66. The van der Waals surface area contributed by atoms with Crippen LogP contribution in [0.15, 0.2) is 0 Å². The van der Waals surface area contributed by atoms with Crippen LogP contribution in [0.3, 0.4) is 0 Å². The number of carboxylic acid groups (broad SMARTS) is 1. The second kappa shape index (κ2) is 5.97. The standard InChI is InChI=1S/C8H17NO3/c1-3-4-9(5-6-10)7(2)8(11)12/h7,10H,3-6H2,1-2H3,(H,11,12). The Kier molecular flexibility index (Phi) is 5.66. The van der Waals surface area contributed by atoms with E-state index < -0.39 is 12.0 Å². The summed E-state index contributed by atoms with van der Waals surface area (Å²) in [5, 5.41) is 17.3. The summed E-state index contributed by atoms with van der Waals surface area (Å²) < 4.78 is 0. The number of aliphatic hydroxyl groups excluding tert-OH is 1. The van der Waals surface area contributed by atoms with Gasteiger partial charge in [-0.15, -0.1) is 0 Å². The number of hydrogen-bond donors (Lipinski definition) is 2. The van der Waals surface area contributed by atoms with Gasteiger partial charge in [0.25, 0.3) is 0 Å². The molecule has 0 saturated carbocycles. The SMILES string of the molecule is CCCN(CCO)C(C)C(=O)O. The Bertz CT molecular complexity index is 132. The maximum Gasteiger partial charge on any atom is 0.320 e. The predicted octanol–water partition coefficient (Wildman–Crippen LogP) is 0.164. The van der Waals surface area contributed by atoms with Crippen LogP contribution in [0.25, 0.3) is 0 Å². The zero-order chi connectivity index (χ0) is 9.56. The average molecular weight is 175 g/mol. The Morgan fingerprint density at radius 1 is 1.50 bits per heavy atom. The van der Waals surface area contributed by atoms with E-state index in [1.54, 1.807) is 11.8 Å². The molecule has 0 aromatic heterocycles. The molecule has 1 atom stereocenters. The fraction of sp³-hybridized carbons (Fsp3) is 0.875. The maximum atomic E-state index is 10.6. The molecule has 1 unspecified atom stereocenters. The van der Waals surface area contributed by atoms with Crippen molar-refractivity contribution in [2.45, 2.75) is 26.3 Å². The van der Waals surface area contributed by atoms with Gasteiger partial charge in [-0.25, -0.2) is 0 Å². The third kappa shape index (κ3) is 3.69. The molecule has 0 spiro atoms. The lowest BCUT2D eigenvalue weighted by molar-refractivity contribution is -0.142. The Balaban J connectivity index is 3.98. The predicted molar refractivity (Wildman–Crippen MR) is 46.0 cm³/mol. The molecule has 0 amide bonds. The average Bonchev–Trinajstić information content (AvgIpc) is 2.03. The van der Waals surface area contributed by atoms with Crippen LogP contribution in [0, 0.1) is 0 Å². The van der Waals surface area contributed by atoms with Crippen molar-refractivity contribution in [3.63, 3.8) is 0 Å². The van der Waals surface area contributed by atoms with E-state index in [2.05, 4.69) is 0 Å². The summed E-state index contributed by atoms with van der Waals surface area (Å²) in [7, 11) is 0. The van der Waals surface area contributed by atoms with Crippen LogP contribution in [0.4, 0.5) is 0 Å². The molecule has 0 rings (SSSR count). The summed E-state index contributed by atoms with van der Waals surface area (Å²) in [5.74, 6) is -0.836. The van der Waals surface area contributed by atoms with Crippen LogP contribution < -0.4 is 0 Å². The lowest BCUT2D eigenvalue weighted by Crippen LogP contribution is -2.41. The fourth-order valence-electron chi connectivity index (χ4n) is 1.07. The van der Waals surface area contributed by atoms with Crippen LogP contribution in [0.2, 0.25) is 0 Å². The normalized spacial score (nSPS) is 13.3. The number of aliphatic carboxylic acids is 1. The third-order valence-electron chi connectivity index (χ3n) is 1.80. The highest BCUT2D eigenvalue weighted by Crippen LogP contribution is 1.99. The minimum atomic E-state index is -0.836. The van der Waals surface area contributed by atoms with E-state index in [1.165, 1.54) is 0 Å². The number of carbonyl (C=O) groups is 1. The molecule has 0 radical (unpaired) electrons. The molecule has 0 aromatic carbocycles. The second-order valence-electron chi connectivity index (χ2n) is 2.77. The molecular formula is C8H17NO3. The summed E-state index contributed by atoms with van der Waals surface area (Å²) >= 11 is 0. The van der Waals surface area contributed by atoms with Crippen molar-refractivity contribution < 1.29 is 15.0 Å². The molecule has 0 aliphatic rings. The summed E-state index contributed by atoms with van der Waals surface area (Å²) in [6, 6.07) is -0.503. The molecule has 0 aliphatic carbocycles. The molecule has 0 aromatic rings. The first-order valence-electron chi connectivity index (χ1n) is 4.21. The lowest BCUT2D eigenvalue weighted by atomic mass is 10.2. The van der Waals surface area contributed by atoms with Crippen molar-refractivity contribution in [2.75, 3.05) is 19.7 Å². The molecule has 72 valence electrons. The van der Waals surface area contributed by atoms with Crippen molar-refractivity contribution in [1.29, 1.82) is 0 Å². The first-order valence-corrected chi connectivity index (χ1v) is 4.21. The van der Waals surface area contributed by atoms with Gasteiger partial charge >= 0.3 is 5.97 Å². The molecule has 4 nitrogen and oxygen atoms in total. The molecular weight excluding hydrogens is 158 g/mol. The van der Waals surface area contributed by atoms with E-state index in [0.29, 0.717) is 13.1 Å². The summed E-state index contributed by atoms with van der Waals surface area (Å²) in [6.07, 6.45) is 0.900. The minimum Gasteiger partial charge on any atom is -0.480 e. The van der Waals surface area contributed by atoms with Gasteiger partial charge in [-0.05, 0) is 19.9 Å². The highest BCUT2D eigenvalue weighted by atomic mass is 16.4. The van der Waals surface area contributed by atoms with Crippen LogP contribution in [-0.2, 0) is 4.79 Å². The maximum absolute atomic E-state index is 10.6. The topological polar surface area (TPSA) is 60.8 Å². The lowest BCUT2D eigenvalue weighted by Gasteiger charge is -2.24. The van der Waals surface area contributed by atoms with Crippen molar-refractivity contribution in [3.8, 4) is 0 Å². The van der Waals surface area contributed by atoms with Gasteiger partial charge in [-0.2, -0.15) is 0 Å². The van der Waals surface area contributed by atoms with Crippen molar-refractivity contribution in [2.24, 2.45) is 0 Å². The number of aliphatic hydroxyl groups is 1. The largest absolute Gasteiger partial charge is 0.480 e. The van der Waals surface area contributed by atoms with E-state index in [9.17, 15) is 4.79 Å². The molecule has 0 fully saturated rings. The van der Waals surface area contributed by atoms with Crippen LogP contribution >= 0.6 is 0 Å². The minimum absolute atomic E-state index is 0.0115. The van der Waals surface area contributed by atoms with E-state index in [0.717, 1.165) is 6.42 Å². The van der Waals surface area contributed by atoms with Gasteiger partial charge < -0.3 is 10.2 Å². The van der Waals surface area contributed by atoms with Gasteiger partial charge in [0.1, 0.15) is 6.04 Å². The van der Waals surface area contributed by atoms with E-state index in [-0.39, 0.29) is 6.61 Å². The van der Waals surface area contributed by atoms with Crippen molar-refractivity contribution in [3.05, 3.63) is 0 Å². The van der Waals surface area contributed by atoms with Gasteiger partial charge in [-0.3, -0.25) is 9.69 Å². The summed E-state index contributed by atoms with van der Waals surface area (Å²) in [6.45, 7) is 4.78. The summed E-state index contributed by atoms with van der Waals surface area (Å²) in [5.41, 5.74) is 0. The Labute approximate surface area is 72.8 Å². The van der Waals surface area contributed by atoms with Gasteiger partial charge in [0, 0.05) is 6.54 Å². The Morgan fingerprint density at radius 2 is 2.08 bits per heavy atom. The van der Waals surface area contributed by atoms with E-state index in [1.807, 2.05) is 6.92 Å². The van der Waals surface area contributed by atoms with Gasteiger partial charge in [0.15, 0.2) is 0 Å². The highest BCUT2D eigenvalue weighted by Gasteiger charge is 2.18. The van der Waals surface area contributed by atoms with Crippen LogP contribution in [0.1, 0.15) is 20.3 Å². The number of rotatable bonds is 6. The van der Waals surface area contributed by atoms with Crippen molar-refractivity contribution >= 4 is 5.97 Å². The van der Waals surface area contributed by atoms with E-state index in [4.69, 9.17) is 10.2 Å². The second-order valence-corrected chi connectivity index (χ2v) is 2.77. The summed E-state index contributed by atoms with van der Waals surface area (Å²) in [4.78, 5) is 12.3. The molecule has 2 N–H and O–H groups in total. The smallest absolute Gasteiger partial charge is 0.320 e. The molecule has 4 heteroatoms. The zero-order valence-corrected chi connectivity index (χ0v) is 7.66. The number of carboxylic acids is 1. The molecule has 0 saturated heterocycles. The number of nitrogens with zero attached hydrogens (tertiary/aromatic N) is 1. The quantitative estimate of drug-likeness (QED) is 0.604. The highest BCUT2D eigenvalue weighted by molar-refractivity contribution is 5.72. The van der Waals surface area contributed by atoms with Gasteiger partial charge in [-0.1, -0.05) is 6.92 Å². The van der Waals surface area contributed by atoms with Gasteiger partial charge in [0.05, 0.1) is 6.61 Å². The Morgan fingerprint density at radius 3 is 2.42 bits per heavy atom. The molecule has 0 bridgehead atoms. The van der Waals surface area contributed by atoms with Crippen LogP contribution in [0.5, 0.6) is 0 Å². The van der Waals surface area contributed by atoms with E-state index >= 15 is 0 Å².